The Morgan fingerprint density at radius 1 is 1.37 bits per heavy atom. The van der Waals surface area contributed by atoms with Crippen molar-refractivity contribution in [2.75, 3.05) is 6.54 Å². The zero-order chi connectivity index (χ0) is 14.3. The Morgan fingerprint density at radius 3 is 2.63 bits per heavy atom. The van der Waals surface area contributed by atoms with Gasteiger partial charge in [-0.1, -0.05) is 38.0 Å². The maximum atomic E-state index is 13.4. The summed E-state index contributed by atoms with van der Waals surface area (Å²) in [6.07, 6.45) is 2.58. The Hall–Kier alpha value is -0.980. The number of unbranched alkanes of at least 4 members (excludes halogenated alkanes) is 1. The van der Waals surface area contributed by atoms with Gasteiger partial charge in [-0.3, -0.25) is 0 Å². The molecular weight excluding hydrogens is 267 g/mol. The van der Waals surface area contributed by atoms with E-state index in [1.807, 2.05) is 6.92 Å². The lowest BCUT2D eigenvalue weighted by Crippen LogP contribution is -2.40. The molecule has 0 aliphatic rings. The standard InChI is InChI=1S/C13H21FN2O2S/c1-2-3-7-12(9-15)16-19(17,18)10-11-6-4-5-8-13(11)14/h4-6,8,12,16H,2-3,7,9-10,15H2,1H3. The number of halogens is 1. The van der Waals surface area contributed by atoms with Crippen LogP contribution in [-0.2, 0) is 15.8 Å². The van der Waals surface area contributed by atoms with E-state index in [9.17, 15) is 12.8 Å². The molecule has 1 aromatic carbocycles. The summed E-state index contributed by atoms with van der Waals surface area (Å²) in [4.78, 5) is 0. The number of hydrogen-bond acceptors (Lipinski definition) is 3. The van der Waals surface area contributed by atoms with Crippen molar-refractivity contribution in [2.24, 2.45) is 5.73 Å². The highest BCUT2D eigenvalue weighted by Gasteiger charge is 2.18. The van der Waals surface area contributed by atoms with E-state index < -0.39 is 15.8 Å². The topological polar surface area (TPSA) is 72.2 Å². The lowest BCUT2D eigenvalue weighted by atomic mass is 10.1. The van der Waals surface area contributed by atoms with Crippen molar-refractivity contribution in [3.8, 4) is 0 Å². The number of nitrogens with two attached hydrogens (primary N) is 1. The van der Waals surface area contributed by atoms with Gasteiger partial charge in [0, 0.05) is 18.2 Å². The predicted octanol–water partition coefficient (Wildman–Crippen LogP) is 1.76. The van der Waals surface area contributed by atoms with Crippen LogP contribution in [-0.4, -0.2) is 21.0 Å². The molecule has 0 amide bonds. The van der Waals surface area contributed by atoms with Crippen LogP contribution in [0.2, 0.25) is 0 Å². The van der Waals surface area contributed by atoms with E-state index in [2.05, 4.69) is 4.72 Å². The molecule has 1 rings (SSSR count). The Morgan fingerprint density at radius 2 is 2.05 bits per heavy atom. The van der Waals surface area contributed by atoms with E-state index in [-0.39, 0.29) is 23.9 Å². The van der Waals surface area contributed by atoms with Gasteiger partial charge >= 0.3 is 0 Å². The van der Waals surface area contributed by atoms with Crippen LogP contribution in [0.15, 0.2) is 24.3 Å². The van der Waals surface area contributed by atoms with Crippen molar-refractivity contribution in [1.29, 1.82) is 0 Å². The molecule has 108 valence electrons. The molecule has 3 N–H and O–H groups in total. The van der Waals surface area contributed by atoms with Crippen molar-refractivity contribution < 1.29 is 12.8 Å². The number of sulfonamides is 1. The molecule has 4 nitrogen and oxygen atoms in total. The molecule has 1 aromatic rings. The van der Waals surface area contributed by atoms with Gasteiger partial charge in [-0.15, -0.1) is 0 Å². The molecule has 0 aromatic heterocycles. The molecule has 6 heteroatoms. The summed E-state index contributed by atoms with van der Waals surface area (Å²) < 4.78 is 39.9. The van der Waals surface area contributed by atoms with Gasteiger partial charge in [-0.05, 0) is 12.5 Å². The number of hydrogen-bond donors (Lipinski definition) is 2. The number of benzene rings is 1. The molecule has 0 radical (unpaired) electrons. The van der Waals surface area contributed by atoms with Gasteiger partial charge in [0.25, 0.3) is 0 Å². The summed E-state index contributed by atoms with van der Waals surface area (Å²) in [5.74, 6) is -0.867. The third-order valence-electron chi connectivity index (χ3n) is 2.84. The molecule has 19 heavy (non-hydrogen) atoms. The Labute approximate surface area is 114 Å². The quantitative estimate of drug-likeness (QED) is 0.765. The van der Waals surface area contributed by atoms with E-state index in [0.717, 1.165) is 12.8 Å². The normalized spacial score (nSPS) is 13.4. The van der Waals surface area contributed by atoms with E-state index >= 15 is 0 Å². The largest absolute Gasteiger partial charge is 0.329 e. The van der Waals surface area contributed by atoms with E-state index in [4.69, 9.17) is 5.73 Å². The van der Waals surface area contributed by atoms with Crippen LogP contribution in [0.5, 0.6) is 0 Å². The smallest absolute Gasteiger partial charge is 0.216 e. The molecule has 0 spiro atoms. The van der Waals surface area contributed by atoms with E-state index in [0.29, 0.717) is 6.42 Å². The first-order valence-corrected chi connectivity index (χ1v) is 8.07. The van der Waals surface area contributed by atoms with Crippen LogP contribution in [0.4, 0.5) is 4.39 Å². The minimum atomic E-state index is -3.57. The summed E-state index contributed by atoms with van der Waals surface area (Å²) in [7, 11) is -3.57. The van der Waals surface area contributed by atoms with Crippen LogP contribution in [0.1, 0.15) is 31.7 Å². The Kier molecular flexibility index (Phi) is 6.41. The molecule has 0 aliphatic heterocycles. The summed E-state index contributed by atoms with van der Waals surface area (Å²) in [6, 6.07) is 5.59. The molecule has 0 aliphatic carbocycles. The monoisotopic (exact) mass is 288 g/mol. The van der Waals surface area contributed by atoms with E-state index in [1.165, 1.54) is 18.2 Å². The van der Waals surface area contributed by atoms with Gasteiger partial charge in [0.05, 0.1) is 5.75 Å². The minimum absolute atomic E-state index is 0.168. The van der Waals surface area contributed by atoms with Crippen molar-refractivity contribution in [1.82, 2.24) is 4.72 Å². The summed E-state index contributed by atoms with van der Waals surface area (Å²) >= 11 is 0. The second kappa shape index (κ2) is 7.57. The van der Waals surface area contributed by atoms with Gasteiger partial charge in [0.2, 0.25) is 10.0 Å². The second-order valence-corrected chi connectivity index (χ2v) is 6.30. The summed E-state index contributed by atoms with van der Waals surface area (Å²) in [5.41, 5.74) is 5.71. The molecule has 0 heterocycles. The van der Waals surface area contributed by atoms with Gasteiger partial charge < -0.3 is 5.73 Å². The minimum Gasteiger partial charge on any atom is -0.329 e. The van der Waals surface area contributed by atoms with Crippen molar-refractivity contribution in [3.05, 3.63) is 35.6 Å². The van der Waals surface area contributed by atoms with Gasteiger partial charge in [0.15, 0.2) is 0 Å². The fourth-order valence-corrected chi connectivity index (χ4v) is 3.24. The average molecular weight is 288 g/mol. The third kappa shape index (κ3) is 5.67. The van der Waals surface area contributed by atoms with Crippen LogP contribution < -0.4 is 10.5 Å². The lowest BCUT2D eigenvalue weighted by Gasteiger charge is -2.16. The summed E-state index contributed by atoms with van der Waals surface area (Å²) in [6.45, 7) is 2.28. The first kappa shape index (κ1) is 16.1. The maximum Gasteiger partial charge on any atom is 0.216 e. The SMILES string of the molecule is CCCCC(CN)NS(=O)(=O)Cc1ccccc1F. The molecule has 1 atom stereocenters. The molecule has 0 fully saturated rings. The number of rotatable bonds is 8. The molecule has 0 saturated carbocycles. The van der Waals surface area contributed by atoms with Crippen molar-refractivity contribution >= 4 is 10.0 Å². The summed E-state index contributed by atoms with van der Waals surface area (Å²) in [5, 5.41) is 0. The van der Waals surface area contributed by atoms with Gasteiger partial charge in [-0.25, -0.2) is 17.5 Å². The van der Waals surface area contributed by atoms with Crippen LogP contribution in [0, 0.1) is 5.82 Å². The third-order valence-corrected chi connectivity index (χ3v) is 4.22. The van der Waals surface area contributed by atoms with E-state index in [1.54, 1.807) is 6.07 Å². The average Bonchev–Trinajstić information content (AvgIpc) is 2.37. The Balaban J connectivity index is 2.68. The van der Waals surface area contributed by atoms with Crippen molar-refractivity contribution in [2.45, 2.75) is 38.0 Å². The van der Waals surface area contributed by atoms with Crippen LogP contribution in [0.3, 0.4) is 0 Å². The first-order valence-electron chi connectivity index (χ1n) is 6.42. The second-order valence-electron chi connectivity index (χ2n) is 4.54. The molecule has 0 bridgehead atoms. The zero-order valence-corrected chi connectivity index (χ0v) is 11.9. The van der Waals surface area contributed by atoms with Crippen LogP contribution in [0.25, 0.3) is 0 Å². The molecular formula is C13H21FN2O2S. The number of nitrogens with one attached hydrogen (secondary N) is 1. The van der Waals surface area contributed by atoms with Crippen LogP contribution >= 0.6 is 0 Å². The Bertz CT molecular complexity index is 491. The van der Waals surface area contributed by atoms with Crippen molar-refractivity contribution in [3.63, 3.8) is 0 Å². The highest BCUT2D eigenvalue weighted by molar-refractivity contribution is 7.88. The highest BCUT2D eigenvalue weighted by Crippen LogP contribution is 2.11. The lowest BCUT2D eigenvalue weighted by molar-refractivity contribution is 0.514. The molecule has 0 saturated heterocycles. The highest BCUT2D eigenvalue weighted by atomic mass is 32.2. The predicted molar refractivity (Wildman–Crippen MR) is 74.5 cm³/mol. The zero-order valence-electron chi connectivity index (χ0n) is 11.1. The first-order chi connectivity index (χ1) is 8.98. The fraction of sp³-hybridized carbons (Fsp3) is 0.538. The fourth-order valence-electron chi connectivity index (χ4n) is 1.79. The molecule has 1 unspecified atom stereocenters. The maximum absolute atomic E-state index is 13.4. The van der Waals surface area contributed by atoms with Gasteiger partial charge in [-0.2, -0.15) is 0 Å². The van der Waals surface area contributed by atoms with Gasteiger partial charge in [0.1, 0.15) is 5.82 Å².